The SMILES string of the molecule is CC(C)(C)NC(=O)N(Cc1ccccc1)C1CCN(Cc2ccc(Oc3ccc(NS(C)(=O)=O)cc3)cc2)CC1.Cl. The second-order valence-electron chi connectivity index (χ2n) is 11.4. The van der Waals surface area contributed by atoms with Gasteiger partial charge in [-0.15, -0.1) is 12.4 Å². The Hall–Kier alpha value is -3.27. The summed E-state index contributed by atoms with van der Waals surface area (Å²) in [6.45, 7) is 9.33. The van der Waals surface area contributed by atoms with E-state index in [9.17, 15) is 13.2 Å². The Labute approximate surface area is 250 Å². The third kappa shape index (κ3) is 10.6. The smallest absolute Gasteiger partial charge is 0.318 e. The van der Waals surface area contributed by atoms with Crippen LogP contribution in [0.25, 0.3) is 0 Å². The molecule has 0 aliphatic carbocycles. The fourth-order valence-electron chi connectivity index (χ4n) is 4.79. The first-order chi connectivity index (χ1) is 18.9. The van der Waals surface area contributed by atoms with Crippen LogP contribution in [0.3, 0.4) is 0 Å². The maximum Gasteiger partial charge on any atom is 0.318 e. The van der Waals surface area contributed by atoms with Crippen molar-refractivity contribution in [1.29, 1.82) is 0 Å². The monoisotopic (exact) mass is 600 g/mol. The van der Waals surface area contributed by atoms with Crippen molar-refractivity contribution in [3.63, 3.8) is 0 Å². The summed E-state index contributed by atoms with van der Waals surface area (Å²) < 4.78 is 31.1. The summed E-state index contributed by atoms with van der Waals surface area (Å²) in [5.74, 6) is 1.34. The molecule has 0 spiro atoms. The molecule has 4 rings (SSSR count). The largest absolute Gasteiger partial charge is 0.457 e. The number of anilines is 1. The first-order valence-electron chi connectivity index (χ1n) is 13.6. The Kier molecular flexibility index (Phi) is 11.1. The number of nitrogens with zero attached hydrogens (tertiary/aromatic N) is 2. The number of hydrogen-bond donors (Lipinski definition) is 2. The van der Waals surface area contributed by atoms with Crippen molar-refractivity contribution >= 4 is 34.1 Å². The van der Waals surface area contributed by atoms with Crippen LogP contribution >= 0.6 is 12.4 Å². The molecule has 0 unspecified atom stereocenters. The number of hydrogen-bond acceptors (Lipinski definition) is 5. The van der Waals surface area contributed by atoms with Crippen LogP contribution in [0.1, 0.15) is 44.7 Å². The zero-order valence-electron chi connectivity index (χ0n) is 24.2. The minimum absolute atomic E-state index is 0. The van der Waals surface area contributed by atoms with Crippen molar-refractivity contribution in [3.05, 3.63) is 90.0 Å². The van der Waals surface area contributed by atoms with Crippen molar-refractivity contribution in [2.75, 3.05) is 24.1 Å². The summed E-state index contributed by atoms with van der Waals surface area (Å²) in [6.07, 6.45) is 2.97. The molecule has 1 fully saturated rings. The molecule has 0 bridgehead atoms. The van der Waals surface area contributed by atoms with Crippen LogP contribution in [0.2, 0.25) is 0 Å². The minimum atomic E-state index is -3.31. The summed E-state index contributed by atoms with van der Waals surface area (Å²) in [4.78, 5) is 17.7. The number of nitrogens with one attached hydrogen (secondary N) is 2. The molecule has 0 saturated carbocycles. The van der Waals surface area contributed by atoms with Gasteiger partial charge in [-0.1, -0.05) is 42.5 Å². The molecular formula is C31H41ClN4O4S. The van der Waals surface area contributed by atoms with Crippen LogP contribution in [0, 0.1) is 0 Å². The lowest BCUT2D eigenvalue weighted by Crippen LogP contribution is -2.54. The molecule has 2 N–H and O–H groups in total. The van der Waals surface area contributed by atoms with E-state index < -0.39 is 10.0 Å². The molecule has 10 heteroatoms. The highest BCUT2D eigenvalue weighted by molar-refractivity contribution is 7.92. The Balaban J connectivity index is 0.00000462. The fourth-order valence-corrected chi connectivity index (χ4v) is 5.36. The number of carbonyl (C=O) groups excluding carboxylic acids is 1. The van der Waals surface area contributed by atoms with E-state index >= 15 is 0 Å². The number of rotatable bonds is 9. The average molecular weight is 601 g/mol. The van der Waals surface area contributed by atoms with Crippen molar-refractivity contribution in [3.8, 4) is 11.5 Å². The molecule has 0 atom stereocenters. The van der Waals surface area contributed by atoms with Crippen molar-refractivity contribution in [2.24, 2.45) is 0 Å². The Morgan fingerprint density at radius 3 is 2.00 bits per heavy atom. The van der Waals surface area contributed by atoms with E-state index in [4.69, 9.17) is 4.74 Å². The van der Waals surface area contributed by atoms with Gasteiger partial charge in [-0.3, -0.25) is 9.62 Å². The number of piperidine rings is 1. The zero-order chi connectivity index (χ0) is 28.8. The van der Waals surface area contributed by atoms with E-state index in [1.807, 2.05) is 56.0 Å². The minimum Gasteiger partial charge on any atom is -0.457 e. The van der Waals surface area contributed by atoms with Gasteiger partial charge in [0.1, 0.15) is 11.5 Å². The van der Waals surface area contributed by atoms with Crippen molar-refractivity contribution < 1.29 is 17.9 Å². The van der Waals surface area contributed by atoms with Gasteiger partial charge in [0.05, 0.1) is 6.26 Å². The van der Waals surface area contributed by atoms with Gasteiger partial charge < -0.3 is 15.0 Å². The third-order valence-electron chi connectivity index (χ3n) is 6.66. The standard InChI is InChI=1S/C31H40N4O4S.ClH/c1-31(2,3)32-30(36)35(23-24-8-6-5-7-9-24)27-18-20-34(21-19-27)22-25-10-14-28(15-11-25)39-29-16-12-26(13-17-29)33-40(4,37)38;/h5-17,27,33H,18-23H2,1-4H3,(H,32,36);1H. The quantitative estimate of drug-likeness (QED) is 0.303. The van der Waals surface area contributed by atoms with Crippen LogP contribution in [-0.4, -0.2) is 55.2 Å². The van der Waals surface area contributed by atoms with Gasteiger partial charge in [-0.05, 0) is 81.1 Å². The number of amides is 2. The summed E-state index contributed by atoms with van der Waals surface area (Å²) in [6, 6.07) is 25.2. The van der Waals surface area contributed by atoms with Gasteiger partial charge in [-0.25, -0.2) is 13.2 Å². The molecule has 1 saturated heterocycles. The molecule has 1 aliphatic heterocycles. The van der Waals surface area contributed by atoms with Gasteiger partial charge in [0.15, 0.2) is 0 Å². The van der Waals surface area contributed by atoms with Gasteiger partial charge in [0.2, 0.25) is 10.0 Å². The molecule has 8 nitrogen and oxygen atoms in total. The predicted molar refractivity (Wildman–Crippen MR) is 167 cm³/mol. The molecule has 1 aliphatic rings. The first-order valence-corrected chi connectivity index (χ1v) is 15.5. The van der Waals surface area contributed by atoms with E-state index in [-0.39, 0.29) is 30.0 Å². The molecular weight excluding hydrogens is 560 g/mol. The van der Waals surface area contributed by atoms with Crippen LogP contribution in [0.15, 0.2) is 78.9 Å². The maximum absolute atomic E-state index is 13.2. The highest BCUT2D eigenvalue weighted by atomic mass is 35.5. The molecule has 41 heavy (non-hydrogen) atoms. The van der Waals surface area contributed by atoms with Gasteiger partial charge in [0, 0.05) is 43.4 Å². The van der Waals surface area contributed by atoms with E-state index in [1.54, 1.807) is 24.3 Å². The maximum atomic E-state index is 13.2. The summed E-state index contributed by atoms with van der Waals surface area (Å²) in [7, 11) is -3.31. The number of halogens is 1. The van der Waals surface area contributed by atoms with Gasteiger partial charge in [0.25, 0.3) is 0 Å². The number of sulfonamides is 1. The number of benzene rings is 3. The Bertz CT molecular complexity index is 1350. The van der Waals surface area contributed by atoms with Crippen LogP contribution < -0.4 is 14.8 Å². The Morgan fingerprint density at radius 1 is 0.902 bits per heavy atom. The van der Waals surface area contributed by atoms with Crippen LogP contribution in [-0.2, 0) is 23.1 Å². The normalized spacial score (nSPS) is 14.5. The zero-order valence-corrected chi connectivity index (χ0v) is 25.8. The highest BCUT2D eigenvalue weighted by Gasteiger charge is 2.30. The Morgan fingerprint density at radius 2 is 1.46 bits per heavy atom. The number of ether oxygens (including phenoxy) is 1. The molecule has 2 amide bonds. The number of carbonyl (C=O) groups is 1. The first kappa shape index (κ1) is 32.2. The van der Waals surface area contributed by atoms with E-state index in [2.05, 4.69) is 39.2 Å². The fraction of sp³-hybridized carbons (Fsp3) is 0.387. The molecule has 0 radical (unpaired) electrons. The average Bonchev–Trinajstić information content (AvgIpc) is 2.89. The van der Waals surface area contributed by atoms with E-state index in [0.29, 0.717) is 23.7 Å². The van der Waals surface area contributed by atoms with Crippen molar-refractivity contribution in [2.45, 2.75) is 58.3 Å². The topological polar surface area (TPSA) is 91.0 Å². The van der Waals surface area contributed by atoms with Crippen molar-refractivity contribution in [1.82, 2.24) is 15.1 Å². The second-order valence-corrected chi connectivity index (χ2v) is 13.2. The summed E-state index contributed by atoms with van der Waals surface area (Å²) >= 11 is 0. The molecule has 0 aromatic heterocycles. The van der Waals surface area contributed by atoms with Crippen LogP contribution in [0.4, 0.5) is 10.5 Å². The summed E-state index contributed by atoms with van der Waals surface area (Å²) in [5, 5.41) is 3.16. The lowest BCUT2D eigenvalue weighted by molar-refractivity contribution is 0.109. The lowest BCUT2D eigenvalue weighted by atomic mass is 10.0. The predicted octanol–water partition coefficient (Wildman–Crippen LogP) is 6.25. The number of likely N-dealkylation sites (tertiary alicyclic amines) is 1. The molecule has 3 aromatic carbocycles. The molecule has 3 aromatic rings. The van der Waals surface area contributed by atoms with Crippen LogP contribution in [0.5, 0.6) is 11.5 Å². The molecule has 222 valence electrons. The lowest BCUT2D eigenvalue weighted by Gasteiger charge is -2.39. The van der Waals surface area contributed by atoms with E-state index in [1.165, 1.54) is 5.56 Å². The second kappa shape index (κ2) is 14.1. The third-order valence-corrected chi connectivity index (χ3v) is 7.27. The molecule has 1 heterocycles. The van der Waals surface area contributed by atoms with Gasteiger partial charge in [-0.2, -0.15) is 0 Å². The van der Waals surface area contributed by atoms with E-state index in [0.717, 1.165) is 44.3 Å². The van der Waals surface area contributed by atoms with Gasteiger partial charge >= 0.3 is 6.03 Å². The number of urea groups is 1. The highest BCUT2D eigenvalue weighted by Crippen LogP contribution is 2.25. The summed E-state index contributed by atoms with van der Waals surface area (Å²) in [5.41, 5.74) is 2.54.